The Labute approximate surface area is 66.1 Å². The number of hydrogen-bond acceptors (Lipinski definition) is 3. The summed E-state index contributed by atoms with van der Waals surface area (Å²) in [7, 11) is 0. The molecule has 4 heteroatoms. The number of ether oxygens (including phenoxy) is 1. The molecule has 0 amide bonds. The molecule has 0 saturated carbocycles. The van der Waals surface area contributed by atoms with Crippen molar-refractivity contribution in [1.82, 2.24) is 0 Å². The second-order valence-corrected chi connectivity index (χ2v) is 1.68. The van der Waals surface area contributed by atoms with Crippen LogP contribution in [0.5, 0.6) is 0 Å². The van der Waals surface area contributed by atoms with E-state index in [9.17, 15) is 4.79 Å². The van der Waals surface area contributed by atoms with Gasteiger partial charge in [0.2, 0.25) is 0 Å². The van der Waals surface area contributed by atoms with Gasteiger partial charge in [0, 0.05) is 6.08 Å². The SMILES string of the molecule is C=CC(=O)OCC(C)O.Cl. The lowest BCUT2D eigenvalue weighted by Gasteiger charge is -2.02. The Morgan fingerprint density at radius 3 is 2.70 bits per heavy atom. The van der Waals surface area contributed by atoms with Crippen molar-refractivity contribution >= 4 is 18.4 Å². The highest BCUT2D eigenvalue weighted by Crippen LogP contribution is 1.83. The van der Waals surface area contributed by atoms with Crippen molar-refractivity contribution < 1.29 is 14.6 Å². The summed E-state index contributed by atoms with van der Waals surface area (Å²) in [6.07, 6.45) is 0.455. The van der Waals surface area contributed by atoms with Crippen molar-refractivity contribution in [3.05, 3.63) is 12.7 Å². The van der Waals surface area contributed by atoms with E-state index in [4.69, 9.17) is 5.11 Å². The topological polar surface area (TPSA) is 46.5 Å². The predicted octanol–water partition coefficient (Wildman–Crippen LogP) is 0.518. The van der Waals surface area contributed by atoms with Crippen molar-refractivity contribution in [2.24, 2.45) is 0 Å². The smallest absolute Gasteiger partial charge is 0.330 e. The Morgan fingerprint density at radius 2 is 2.40 bits per heavy atom. The number of hydrogen-bond donors (Lipinski definition) is 1. The van der Waals surface area contributed by atoms with Crippen LogP contribution in [0.25, 0.3) is 0 Å². The van der Waals surface area contributed by atoms with E-state index in [0.717, 1.165) is 6.08 Å². The minimum atomic E-state index is -0.603. The molecule has 0 bridgehead atoms. The molecular weight excluding hydrogens is 156 g/mol. The molecule has 0 fully saturated rings. The van der Waals surface area contributed by atoms with Crippen LogP contribution in [0.2, 0.25) is 0 Å². The fraction of sp³-hybridized carbons (Fsp3) is 0.500. The summed E-state index contributed by atoms with van der Waals surface area (Å²) in [5.41, 5.74) is 0. The molecule has 0 aliphatic carbocycles. The molecular formula is C6H11ClO3. The van der Waals surface area contributed by atoms with Crippen LogP contribution < -0.4 is 0 Å². The summed E-state index contributed by atoms with van der Waals surface area (Å²) in [4.78, 5) is 10.3. The number of halogens is 1. The zero-order chi connectivity index (χ0) is 7.28. The first-order valence-corrected chi connectivity index (χ1v) is 2.64. The van der Waals surface area contributed by atoms with Crippen LogP contribution in [-0.2, 0) is 9.53 Å². The maximum absolute atomic E-state index is 10.3. The average Bonchev–Trinajstić information content (AvgIpc) is 1.83. The zero-order valence-electron chi connectivity index (χ0n) is 5.74. The van der Waals surface area contributed by atoms with E-state index < -0.39 is 12.1 Å². The normalized spacial score (nSPS) is 11.0. The Balaban J connectivity index is 0. The molecule has 0 spiro atoms. The van der Waals surface area contributed by atoms with E-state index in [0.29, 0.717) is 0 Å². The molecule has 3 nitrogen and oxygen atoms in total. The molecule has 0 aromatic heterocycles. The van der Waals surface area contributed by atoms with Gasteiger partial charge in [0.1, 0.15) is 6.61 Å². The molecule has 1 atom stereocenters. The lowest BCUT2D eigenvalue weighted by atomic mass is 10.4. The average molecular weight is 167 g/mol. The number of carbonyl (C=O) groups excluding carboxylic acids is 1. The van der Waals surface area contributed by atoms with Crippen LogP contribution in [0.4, 0.5) is 0 Å². The monoisotopic (exact) mass is 166 g/mol. The van der Waals surface area contributed by atoms with Crippen molar-refractivity contribution in [3.63, 3.8) is 0 Å². The molecule has 10 heavy (non-hydrogen) atoms. The summed E-state index contributed by atoms with van der Waals surface area (Å²) >= 11 is 0. The molecule has 0 aliphatic rings. The zero-order valence-corrected chi connectivity index (χ0v) is 6.56. The first kappa shape index (κ1) is 12.2. The third-order valence-electron chi connectivity index (χ3n) is 0.633. The Morgan fingerprint density at radius 1 is 1.90 bits per heavy atom. The highest BCUT2D eigenvalue weighted by atomic mass is 35.5. The van der Waals surface area contributed by atoms with Crippen molar-refractivity contribution in [3.8, 4) is 0 Å². The molecule has 0 heterocycles. The molecule has 0 saturated heterocycles. The summed E-state index contributed by atoms with van der Waals surface area (Å²) in [6, 6.07) is 0. The van der Waals surface area contributed by atoms with Crippen LogP contribution in [0.1, 0.15) is 6.92 Å². The van der Waals surface area contributed by atoms with Crippen LogP contribution in [0, 0.1) is 0 Å². The highest BCUT2D eigenvalue weighted by Gasteiger charge is 1.97. The molecule has 60 valence electrons. The summed E-state index contributed by atoms with van der Waals surface area (Å²) in [5.74, 6) is -0.504. The van der Waals surface area contributed by atoms with Crippen LogP contribution >= 0.6 is 12.4 Å². The number of aliphatic hydroxyl groups is 1. The second kappa shape index (κ2) is 6.58. The van der Waals surface area contributed by atoms with Gasteiger partial charge in [-0.15, -0.1) is 12.4 Å². The maximum atomic E-state index is 10.3. The molecule has 0 aliphatic heterocycles. The first-order chi connectivity index (χ1) is 4.16. The Hall–Kier alpha value is -0.540. The molecule has 1 N–H and O–H groups in total. The Bertz CT molecular complexity index is 112. The molecule has 0 aromatic carbocycles. The van der Waals surface area contributed by atoms with E-state index in [1.165, 1.54) is 6.92 Å². The quantitative estimate of drug-likeness (QED) is 0.491. The minimum Gasteiger partial charge on any atom is -0.460 e. The Kier molecular flexibility index (Phi) is 8.00. The van der Waals surface area contributed by atoms with Crippen LogP contribution in [-0.4, -0.2) is 23.8 Å². The lowest BCUT2D eigenvalue weighted by Crippen LogP contribution is -2.13. The van der Waals surface area contributed by atoms with E-state index >= 15 is 0 Å². The van der Waals surface area contributed by atoms with Crippen molar-refractivity contribution in [2.45, 2.75) is 13.0 Å². The predicted molar refractivity (Wildman–Crippen MR) is 40.1 cm³/mol. The lowest BCUT2D eigenvalue weighted by molar-refractivity contribution is -0.140. The number of esters is 1. The van der Waals surface area contributed by atoms with E-state index in [-0.39, 0.29) is 19.0 Å². The molecule has 0 rings (SSSR count). The van der Waals surface area contributed by atoms with E-state index in [2.05, 4.69) is 11.3 Å². The summed E-state index contributed by atoms with van der Waals surface area (Å²) in [6.45, 7) is 4.75. The van der Waals surface area contributed by atoms with Gasteiger partial charge in [-0.3, -0.25) is 0 Å². The fourth-order valence-electron chi connectivity index (χ4n) is 0.262. The van der Waals surface area contributed by atoms with Gasteiger partial charge in [-0.25, -0.2) is 4.79 Å². The third-order valence-corrected chi connectivity index (χ3v) is 0.633. The summed E-state index contributed by atoms with van der Waals surface area (Å²) < 4.78 is 4.45. The van der Waals surface area contributed by atoms with Gasteiger partial charge < -0.3 is 9.84 Å². The van der Waals surface area contributed by atoms with Gasteiger partial charge in [-0.05, 0) is 6.92 Å². The van der Waals surface area contributed by atoms with Gasteiger partial charge >= 0.3 is 5.97 Å². The number of carbonyl (C=O) groups is 1. The van der Waals surface area contributed by atoms with Crippen LogP contribution in [0.15, 0.2) is 12.7 Å². The standard InChI is InChI=1S/C6H10O3.ClH/c1-3-6(8)9-4-5(2)7;/h3,5,7H,1,4H2,2H3;1H. The highest BCUT2D eigenvalue weighted by molar-refractivity contribution is 5.85. The maximum Gasteiger partial charge on any atom is 0.330 e. The number of rotatable bonds is 3. The van der Waals surface area contributed by atoms with Crippen LogP contribution in [0.3, 0.4) is 0 Å². The number of aliphatic hydroxyl groups excluding tert-OH is 1. The fourth-order valence-corrected chi connectivity index (χ4v) is 0.262. The second-order valence-electron chi connectivity index (χ2n) is 1.68. The first-order valence-electron chi connectivity index (χ1n) is 2.64. The molecule has 0 aromatic rings. The van der Waals surface area contributed by atoms with Gasteiger partial charge in [0.25, 0.3) is 0 Å². The summed E-state index contributed by atoms with van der Waals surface area (Å²) in [5, 5.41) is 8.59. The van der Waals surface area contributed by atoms with Gasteiger partial charge in [0.15, 0.2) is 0 Å². The van der Waals surface area contributed by atoms with Gasteiger partial charge in [-0.2, -0.15) is 0 Å². The van der Waals surface area contributed by atoms with Crippen molar-refractivity contribution in [1.29, 1.82) is 0 Å². The molecule has 1 unspecified atom stereocenters. The van der Waals surface area contributed by atoms with Gasteiger partial charge in [0.05, 0.1) is 6.10 Å². The third kappa shape index (κ3) is 7.46. The minimum absolute atomic E-state index is 0. The largest absolute Gasteiger partial charge is 0.460 e. The van der Waals surface area contributed by atoms with E-state index in [1.54, 1.807) is 0 Å². The molecule has 0 radical (unpaired) electrons. The van der Waals surface area contributed by atoms with Gasteiger partial charge in [-0.1, -0.05) is 6.58 Å². The van der Waals surface area contributed by atoms with E-state index in [1.807, 2.05) is 0 Å². The van der Waals surface area contributed by atoms with Crippen molar-refractivity contribution in [2.75, 3.05) is 6.61 Å².